The van der Waals surface area contributed by atoms with Crippen molar-refractivity contribution in [3.05, 3.63) is 0 Å². The molecule has 1 aliphatic rings. The van der Waals surface area contributed by atoms with E-state index >= 15 is 0 Å². The Morgan fingerprint density at radius 1 is 1.17 bits per heavy atom. The first-order valence-corrected chi connectivity index (χ1v) is 9.32. The molecular formula is C13H25ClN3O5S+. The first-order chi connectivity index (χ1) is 10.3. The Balaban J connectivity index is 2.47. The second-order valence-electron chi connectivity index (χ2n) is 6.96. The average Bonchev–Trinajstić information content (AvgIpc) is 2.51. The molecule has 1 fully saturated rings. The molecular weight excluding hydrogens is 346 g/mol. The van der Waals surface area contributed by atoms with Crippen molar-refractivity contribution in [1.29, 1.82) is 0 Å². The largest absolute Gasteiger partial charge is 0.342 e. The van der Waals surface area contributed by atoms with Crippen molar-refractivity contribution in [2.24, 2.45) is 0 Å². The zero-order valence-corrected chi connectivity index (χ0v) is 15.5. The number of hydrogen-bond acceptors (Lipinski definition) is 4. The number of nitrogens with zero attached hydrogens (tertiary/aromatic N) is 3. The first-order valence-electron chi connectivity index (χ1n) is 7.37. The van der Waals surface area contributed by atoms with Gasteiger partial charge in [0.25, 0.3) is 16.0 Å². The number of carbonyl (C=O) groups is 2. The summed E-state index contributed by atoms with van der Waals surface area (Å²) in [6, 6.07) is -0.515. The molecule has 1 N–H and O–H groups in total. The molecule has 0 saturated carbocycles. The molecule has 0 bridgehead atoms. The van der Waals surface area contributed by atoms with Crippen LogP contribution in [0.25, 0.3) is 0 Å². The second-order valence-corrected chi connectivity index (χ2v) is 8.87. The molecule has 0 aromatic heterocycles. The summed E-state index contributed by atoms with van der Waals surface area (Å²) in [7, 11) is -0.0895. The van der Waals surface area contributed by atoms with Gasteiger partial charge in [-0.1, -0.05) is 0 Å². The van der Waals surface area contributed by atoms with E-state index in [2.05, 4.69) is 0 Å². The first kappa shape index (κ1) is 20.1. The summed E-state index contributed by atoms with van der Waals surface area (Å²) in [6.45, 7) is 4.68. The van der Waals surface area contributed by atoms with Gasteiger partial charge in [0.1, 0.15) is 5.54 Å². The summed E-state index contributed by atoms with van der Waals surface area (Å²) in [5, 5.41) is 0. The standard InChI is InChI=1S/C13H24ClN3O5S/c1-13(2)11(18)15(12(19)16(13)14)7-5-8-17(3,4)9-6-10-23(20,21)22/h5-10H2,1-4H3/p+1. The highest BCUT2D eigenvalue weighted by molar-refractivity contribution is 7.85. The van der Waals surface area contributed by atoms with Crippen LogP contribution in [0.4, 0.5) is 4.79 Å². The fourth-order valence-corrected chi connectivity index (χ4v) is 3.14. The van der Waals surface area contributed by atoms with Crippen LogP contribution in [0.5, 0.6) is 0 Å². The summed E-state index contributed by atoms with van der Waals surface area (Å²) in [4.78, 5) is 25.3. The third-order valence-corrected chi connectivity index (χ3v) is 5.34. The molecule has 1 rings (SSSR count). The van der Waals surface area contributed by atoms with E-state index in [1.807, 2.05) is 14.1 Å². The Bertz CT molecular complexity index is 576. The molecule has 1 heterocycles. The summed E-state index contributed by atoms with van der Waals surface area (Å²) in [5.74, 6) is -0.595. The predicted molar refractivity (Wildman–Crippen MR) is 86.4 cm³/mol. The Morgan fingerprint density at radius 2 is 1.70 bits per heavy atom. The van der Waals surface area contributed by atoms with Gasteiger partial charge in [-0.15, -0.1) is 0 Å². The van der Waals surface area contributed by atoms with Crippen molar-refractivity contribution in [3.63, 3.8) is 0 Å². The Morgan fingerprint density at radius 3 is 2.13 bits per heavy atom. The predicted octanol–water partition coefficient (Wildman–Crippen LogP) is 0.927. The maximum Gasteiger partial charge on any atom is 0.342 e. The quantitative estimate of drug-likeness (QED) is 0.297. The van der Waals surface area contributed by atoms with E-state index in [1.54, 1.807) is 13.8 Å². The van der Waals surface area contributed by atoms with Crippen molar-refractivity contribution < 1.29 is 27.0 Å². The lowest BCUT2D eigenvalue weighted by atomic mass is 10.1. The van der Waals surface area contributed by atoms with Crippen molar-refractivity contribution in [1.82, 2.24) is 9.32 Å². The van der Waals surface area contributed by atoms with E-state index in [9.17, 15) is 18.0 Å². The van der Waals surface area contributed by atoms with Gasteiger partial charge in [-0.2, -0.15) is 8.42 Å². The number of hydrogen-bond donors (Lipinski definition) is 1. The van der Waals surface area contributed by atoms with Crippen molar-refractivity contribution in [3.8, 4) is 0 Å². The van der Waals surface area contributed by atoms with Crippen molar-refractivity contribution in [2.75, 3.05) is 39.5 Å². The van der Waals surface area contributed by atoms with Gasteiger partial charge in [0.05, 0.1) is 32.9 Å². The number of amides is 3. The minimum absolute atomic E-state index is 0.268. The van der Waals surface area contributed by atoms with E-state index < -0.39 is 21.7 Å². The highest BCUT2D eigenvalue weighted by Gasteiger charge is 2.50. The number of rotatable bonds is 8. The molecule has 0 aromatic rings. The van der Waals surface area contributed by atoms with Crippen LogP contribution in [0.1, 0.15) is 26.7 Å². The van der Waals surface area contributed by atoms with Gasteiger partial charge in [0, 0.05) is 31.2 Å². The van der Waals surface area contributed by atoms with Crippen LogP contribution in [-0.2, 0) is 14.9 Å². The molecule has 8 nitrogen and oxygen atoms in total. The lowest BCUT2D eigenvalue weighted by Gasteiger charge is -2.30. The summed E-state index contributed by atoms with van der Waals surface area (Å²) >= 11 is 5.86. The van der Waals surface area contributed by atoms with Crippen LogP contribution in [0, 0.1) is 0 Å². The van der Waals surface area contributed by atoms with Gasteiger partial charge in [0.15, 0.2) is 0 Å². The fraction of sp³-hybridized carbons (Fsp3) is 0.846. The second kappa shape index (κ2) is 6.92. The molecule has 3 amide bonds. The Kier molecular flexibility index (Phi) is 6.06. The van der Waals surface area contributed by atoms with Crippen LogP contribution < -0.4 is 0 Å². The molecule has 0 atom stereocenters. The van der Waals surface area contributed by atoms with E-state index in [0.717, 1.165) is 9.32 Å². The van der Waals surface area contributed by atoms with Gasteiger partial charge >= 0.3 is 6.03 Å². The zero-order valence-electron chi connectivity index (χ0n) is 14.0. The van der Waals surface area contributed by atoms with Crippen LogP contribution in [0.3, 0.4) is 0 Å². The molecule has 134 valence electrons. The van der Waals surface area contributed by atoms with Crippen molar-refractivity contribution >= 4 is 33.8 Å². The van der Waals surface area contributed by atoms with Crippen LogP contribution in [0.15, 0.2) is 0 Å². The normalized spacial score (nSPS) is 18.9. The summed E-state index contributed by atoms with van der Waals surface area (Å²) in [6.07, 6.45) is 0.924. The molecule has 10 heteroatoms. The fourth-order valence-electron chi connectivity index (χ4n) is 2.49. The molecule has 0 aliphatic carbocycles. The van der Waals surface area contributed by atoms with Crippen LogP contribution in [0.2, 0.25) is 0 Å². The van der Waals surface area contributed by atoms with Gasteiger partial charge in [-0.25, -0.2) is 9.21 Å². The van der Waals surface area contributed by atoms with Gasteiger partial charge in [-0.3, -0.25) is 14.2 Å². The zero-order chi connectivity index (χ0) is 18.1. The molecule has 1 saturated heterocycles. The molecule has 0 aromatic carbocycles. The van der Waals surface area contributed by atoms with Crippen molar-refractivity contribution in [2.45, 2.75) is 32.2 Å². The minimum Gasteiger partial charge on any atom is -0.328 e. The smallest absolute Gasteiger partial charge is 0.328 e. The maximum atomic E-state index is 12.2. The summed E-state index contributed by atoms with van der Waals surface area (Å²) in [5.41, 5.74) is -1.04. The highest BCUT2D eigenvalue weighted by Crippen LogP contribution is 2.29. The lowest BCUT2D eigenvalue weighted by Crippen LogP contribution is -2.44. The monoisotopic (exact) mass is 370 g/mol. The number of carbonyl (C=O) groups excluding carboxylic acids is 2. The maximum absolute atomic E-state index is 12.2. The average molecular weight is 371 g/mol. The topological polar surface area (TPSA) is 95.0 Å². The lowest BCUT2D eigenvalue weighted by molar-refractivity contribution is -0.890. The SMILES string of the molecule is CC1(C)C(=O)N(CCC[N+](C)(C)CCCS(=O)(=O)O)C(=O)N1Cl. The van der Waals surface area contributed by atoms with Crippen LogP contribution in [-0.4, -0.2) is 83.7 Å². The number of halogens is 1. The third-order valence-electron chi connectivity index (χ3n) is 3.97. The van der Waals surface area contributed by atoms with Gasteiger partial charge in [0.2, 0.25) is 0 Å². The molecule has 0 unspecified atom stereocenters. The number of quaternary nitrogens is 1. The number of imide groups is 1. The van der Waals surface area contributed by atoms with Gasteiger partial charge < -0.3 is 4.48 Å². The molecule has 0 radical (unpaired) electrons. The summed E-state index contributed by atoms with van der Waals surface area (Å²) < 4.78 is 31.6. The minimum atomic E-state index is -3.94. The van der Waals surface area contributed by atoms with E-state index in [4.69, 9.17) is 16.3 Å². The Hall–Kier alpha value is -0.900. The van der Waals surface area contributed by atoms with E-state index in [-0.39, 0.29) is 18.2 Å². The Labute approximate surface area is 142 Å². The molecule has 23 heavy (non-hydrogen) atoms. The van der Waals surface area contributed by atoms with Crippen LogP contribution >= 0.6 is 11.8 Å². The van der Waals surface area contributed by atoms with Gasteiger partial charge in [-0.05, 0) is 13.8 Å². The third kappa shape index (κ3) is 5.30. The highest BCUT2D eigenvalue weighted by atomic mass is 35.5. The number of urea groups is 1. The van der Waals surface area contributed by atoms with E-state index in [1.165, 1.54) is 0 Å². The molecule has 0 spiro atoms. The molecule has 1 aliphatic heterocycles. The van der Waals surface area contributed by atoms with E-state index in [0.29, 0.717) is 30.4 Å².